The van der Waals surface area contributed by atoms with Crippen molar-refractivity contribution in [2.75, 3.05) is 19.6 Å². The summed E-state index contributed by atoms with van der Waals surface area (Å²) in [5.74, 6) is 2.65. The van der Waals surface area contributed by atoms with Crippen molar-refractivity contribution in [2.45, 2.75) is 64.5 Å². The summed E-state index contributed by atoms with van der Waals surface area (Å²) in [7, 11) is 0. The maximum absolute atomic E-state index is 12.0. The van der Waals surface area contributed by atoms with Gasteiger partial charge in [-0.25, -0.2) is 4.79 Å². The number of nitrogens with one attached hydrogen (secondary N) is 1. The van der Waals surface area contributed by atoms with E-state index in [0.29, 0.717) is 6.04 Å². The van der Waals surface area contributed by atoms with Crippen LogP contribution in [0.1, 0.15) is 52.9 Å². The first-order valence-electron chi connectivity index (χ1n) is 7.57. The fourth-order valence-corrected chi connectivity index (χ4v) is 2.29. The van der Waals surface area contributed by atoms with Crippen LogP contribution in [0.5, 0.6) is 0 Å². The van der Waals surface area contributed by atoms with Crippen LogP contribution < -0.4 is 5.32 Å². The van der Waals surface area contributed by atoms with Gasteiger partial charge in [0, 0.05) is 25.6 Å². The molecule has 1 aliphatic heterocycles. The highest BCUT2D eigenvalue weighted by Gasteiger charge is 2.27. The Labute approximate surface area is 123 Å². The van der Waals surface area contributed by atoms with Gasteiger partial charge in [0.25, 0.3) is 0 Å². The number of terminal acetylenes is 1. The molecule has 0 aromatic heterocycles. The lowest BCUT2D eigenvalue weighted by Crippen LogP contribution is -2.49. The van der Waals surface area contributed by atoms with Gasteiger partial charge in [-0.2, -0.15) is 0 Å². The predicted octanol–water partition coefficient (Wildman–Crippen LogP) is 2.78. The average molecular weight is 280 g/mol. The van der Waals surface area contributed by atoms with Crippen LogP contribution in [-0.4, -0.2) is 42.3 Å². The number of amides is 1. The minimum atomic E-state index is -0.424. The summed E-state index contributed by atoms with van der Waals surface area (Å²) in [5, 5.41) is 3.51. The van der Waals surface area contributed by atoms with E-state index in [1.807, 2.05) is 25.7 Å². The van der Waals surface area contributed by atoms with Gasteiger partial charge in [0.2, 0.25) is 0 Å². The largest absolute Gasteiger partial charge is 0.444 e. The highest BCUT2D eigenvalue weighted by Crippen LogP contribution is 2.15. The summed E-state index contributed by atoms with van der Waals surface area (Å²) in [6.45, 7) is 8.20. The molecule has 0 aromatic rings. The fraction of sp³-hybridized carbons (Fsp3) is 0.812. The first-order chi connectivity index (χ1) is 9.42. The van der Waals surface area contributed by atoms with Gasteiger partial charge in [-0.05, 0) is 53.0 Å². The molecular formula is C16H28N2O2. The van der Waals surface area contributed by atoms with Gasteiger partial charge in [0.05, 0.1) is 0 Å². The Bertz CT molecular complexity index is 341. The minimum absolute atomic E-state index is 0.198. The topological polar surface area (TPSA) is 41.6 Å². The van der Waals surface area contributed by atoms with E-state index in [2.05, 4.69) is 11.2 Å². The second-order valence-electron chi connectivity index (χ2n) is 6.38. The van der Waals surface area contributed by atoms with Crippen molar-refractivity contribution in [3.63, 3.8) is 0 Å². The molecule has 1 N–H and O–H groups in total. The smallest absolute Gasteiger partial charge is 0.410 e. The molecule has 1 aliphatic rings. The Hall–Kier alpha value is -1.21. The van der Waals surface area contributed by atoms with Gasteiger partial charge >= 0.3 is 6.09 Å². The minimum Gasteiger partial charge on any atom is -0.444 e. The van der Waals surface area contributed by atoms with Crippen molar-refractivity contribution in [3.05, 3.63) is 0 Å². The van der Waals surface area contributed by atoms with E-state index in [1.165, 1.54) is 0 Å². The molecule has 0 aliphatic carbocycles. The van der Waals surface area contributed by atoms with Crippen molar-refractivity contribution in [3.8, 4) is 12.3 Å². The monoisotopic (exact) mass is 280 g/mol. The molecule has 0 radical (unpaired) electrons. The lowest BCUT2D eigenvalue weighted by atomic mass is 10.1. The number of likely N-dealkylation sites (tertiary alicyclic amines) is 1. The number of rotatable bonds is 5. The molecule has 0 bridgehead atoms. The van der Waals surface area contributed by atoms with Crippen LogP contribution in [0.15, 0.2) is 0 Å². The van der Waals surface area contributed by atoms with Crippen LogP contribution in [0.3, 0.4) is 0 Å². The molecule has 1 rings (SSSR count). The molecule has 1 fully saturated rings. The number of hydrogen-bond donors (Lipinski definition) is 1. The Morgan fingerprint density at radius 3 is 2.85 bits per heavy atom. The molecule has 1 heterocycles. The third-order valence-corrected chi connectivity index (χ3v) is 3.25. The molecule has 4 nitrogen and oxygen atoms in total. The predicted molar refractivity (Wildman–Crippen MR) is 81.5 cm³/mol. The zero-order valence-corrected chi connectivity index (χ0v) is 13.1. The molecule has 0 saturated carbocycles. The third kappa shape index (κ3) is 6.81. The molecule has 114 valence electrons. The van der Waals surface area contributed by atoms with E-state index in [0.717, 1.165) is 51.7 Å². The Balaban J connectivity index is 2.28. The third-order valence-electron chi connectivity index (χ3n) is 3.25. The maximum atomic E-state index is 12.0. The number of carbonyl (C=O) groups excluding carboxylic acids is 1. The van der Waals surface area contributed by atoms with Gasteiger partial charge < -0.3 is 15.0 Å². The molecule has 0 aromatic carbocycles. The van der Waals surface area contributed by atoms with Crippen LogP contribution in [0.25, 0.3) is 0 Å². The summed E-state index contributed by atoms with van der Waals surface area (Å²) >= 11 is 0. The molecule has 1 saturated heterocycles. The fourth-order valence-electron chi connectivity index (χ4n) is 2.29. The first kappa shape index (κ1) is 16.8. The normalized spacial score (nSPS) is 19.5. The van der Waals surface area contributed by atoms with Gasteiger partial charge in [-0.1, -0.05) is 0 Å². The highest BCUT2D eigenvalue weighted by atomic mass is 16.6. The Kier molecular flexibility index (Phi) is 6.87. The summed E-state index contributed by atoms with van der Waals surface area (Å²) < 4.78 is 5.42. The summed E-state index contributed by atoms with van der Waals surface area (Å²) in [4.78, 5) is 13.8. The van der Waals surface area contributed by atoms with Crippen LogP contribution in [0.2, 0.25) is 0 Å². The van der Waals surface area contributed by atoms with Crippen LogP contribution >= 0.6 is 0 Å². The Morgan fingerprint density at radius 2 is 2.20 bits per heavy atom. The van der Waals surface area contributed by atoms with Gasteiger partial charge in [-0.3, -0.25) is 0 Å². The van der Waals surface area contributed by atoms with Gasteiger partial charge in [0.1, 0.15) is 5.60 Å². The summed E-state index contributed by atoms with van der Waals surface area (Å²) in [6.07, 6.45) is 10.2. The number of nitrogens with zero attached hydrogens (tertiary/aromatic N) is 1. The Morgan fingerprint density at radius 1 is 1.45 bits per heavy atom. The van der Waals surface area contributed by atoms with E-state index in [1.54, 1.807) is 0 Å². The molecule has 1 atom stereocenters. The van der Waals surface area contributed by atoms with Crippen molar-refractivity contribution in [2.24, 2.45) is 0 Å². The second-order valence-corrected chi connectivity index (χ2v) is 6.38. The first-order valence-corrected chi connectivity index (χ1v) is 7.57. The van der Waals surface area contributed by atoms with E-state index >= 15 is 0 Å². The molecular weight excluding hydrogens is 252 g/mol. The maximum Gasteiger partial charge on any atom is 0.410 e. The van der Waals surface area contributed by atoms with Crippen molar-refractivity contribution >= 4 is 6.09 Å². The summed E-state index contributed by atoms with van der Waals surface area (Å²) in [6, 6.07) is 0.377. The number of hydrogen-bond acceptors (Lipinski definition) is 3. The lowest BCUT2D eigenvalue weighted by molar-refractivity contribution is 0.0187. The van der Waals surface area contributed by atoms with Gasteiger partial charge in [-0.15, -0.1) is 12.3 Å². The zero-order chi connectivity index (χ0) is 15.0. The quantitative estimate of drug-likeness (QED) is 0.622. The highest BCUT2D eigenvalue weighted by molar-refractivity contribution is 5.68. The van der Waals surface area contributed by atoms with Crippen molar-refractivity contribution < 1.29 is 9.53 Å². The van der Waals surface area contributed by atoms with Crippen molar-refractivity contribution in [1.82, 2.24) is 10.2 Å². The molecule has 0 spiro atoms. The molecule has 20 heavy (non-hydrogen) atoms. The number of piperidine rings is 1. The number of unbranched alkanes of at least 4 members (excludes halogenated alkanes) is 2. The van der Waals surface area contributed by atoms with Crippen LogP contribution in [0.4, 0.5) is 4.79 Å². The average Bonchev–Trinajstić information content (AvgIpc) is 2.37. The standard InChI is InChI=1S/C16H28N2O2/c1-5-6-7-8-11-17-14-10-9-12-18(13-14)15(19)20-16(2,3)4/h1,14,17H,6-13H2,2-4H3. The van der Waals surface area contributed by atoms with Crippen LogP contribution in [0, 0.1) is 12.3 Å². The van der Waals surface area contributed by atoms with E-state index in [4.69, 9.17) is 11.2 Å². The van der Waals surface area contributed by atoms with Crippen molar-refractivity contribution in [1.29, 1.82) is 0 Å². The molecule has 1 amide bonds. The summed E-state index contributed by atoms with van der Waals surface area (Å²) in [5.41, 5.74) is -0.424. The van der Waals surface area contributed by atoms with Gasteiger partial charge in [0.15, 0.2) is 0 Å². The number of carbonyl (C=O) groups is 1. The van der Waals surface area contributed by atoms with E-state index < -0.39 is 5.60 Å². The molecule has 1 unspecified atom stereocenters. The van der Waals surface area contributed by atoms with Crippen LogP contribution in [-0.2, 0) is 4.74 Å². The van der Waals surface area contributed by atoms with E-state index in [-0.39, 0.29) is 6.09 Å². The lowest BCUT2D eigenvalue weighted by Gasteiger charge is -2.34. The second kappa shape index (κ2) is 8.16. The SMILES string of the molecule is C#CCCCCNC1CCCN(C(=O)OC(C)(C)C)C1. The van der Waals surface area contributed by atoms with E-state index in [9.17, 15) is 4.79 Å². The number of ether oxygens (including phenoxy) is 1. The zero-order valence-electron chi connectivity index (χ0n) is 13.1. The molecule has 4 heteroatoms.